The summed E-state index contributed by atoms with van der Waals surface area (Å²) in [6.45, 7) is 8.95. The highest BCUT2D eigenvalue weighted by molar-refractivity contribution is 5.54. The van der Waals surface area contributed by atoms with Crippen LogP contribution >= 0.6 is 0 Å². The van der Waals surface area contributed by atoms with E-state index < -0.39 is 0 Å². The van der Waals surface area contributed by atoms with Crippen molar-refractivity contribution in [2.45, 2.75) is 413 Å². The van der Waals surface area contributed by atoms with Crippen molar-refractivity contribution < 1.29 is 19.3 Å². The number of benzene rings is 1. The lowest BCUT2D eigenvalue weighted by Crippen LogP contribution is -2.07. The van der Waals surface area contributed by atoms with Gasteiger partial charge in [-0.1, -0.05) is 387 Å². The van der Waals surface area contributed by atoms with E-state index in [0.29, 0.717) is 19.8 Å². The summed E-state index contributed by atoms with van der Waals surface area (Å²) in [7, 11) is 0. The molecule has 0 aliphatic carbocycles. The van der Waals surface area contributed by atoms with Gasteiger partial charge in [-0.25, -0.2) is 0 Å². The minimum absolute atomic E-state index is 0.0228. The van der Waals surface area contributed by atoms with E-state index in [1.807, 2.05) is 12.1 Å². The van der Waals surface area contributed by atoms with Crippen LogP contribution in [-0.2, 0) is 6.61 Å². The molecule has 1 N–H and O–H groups in total. The monoisotopic (exact) mass is 1080 g/mol. The van der Waals surface area contributed by atoms with Crippen molar-refractivity contribution in [2.24, 2.45) is 0 Å². The highest BCUT2D eigenvalue weighted by Gasteiger charge is 2.16. The number of unbranched alkanes of at least 4 members (excludes halogenated alkanes) is 57. The third kappa shape index (κ3) is 53.6. The number of hydrogen-bond donors (Lipinski definition) is 1. The molecule has 0 radical (unpaired) electrons. The summed E-state index contributed by atoms with van der Waals surface area (Å²) in [6.07, 6.45) is 83.3. The van der Waals surface area contributed by atoms with Crippen molar-refractivity contribution in [3.8, 4) is 17.2 Å². The van der Waals surface area contributed by atoms with Crippen LogP contribution in [0.15, 0.2) is 12.1 Å². The zero-order valence-electron chi connectivity index (χ0n) is 53.1. The van der Waals surface area contributed by atoms with Crippen LogP contribution in [0.3, 0.4) is 0 Å². The van der Waals surface area contributed by atoms with Gasteiger partial charge in [-0.2, -0.15) is 0 Å². The molecule has 0 unspecified atom stereocenters. The first-order chi connectivity index (χ1) is 38.3. The molecular formula is C73H140O4. The van der Waals surface area contributed by atoms with E-state index in [0.717, 1.165) is 42.1 Å². The summed E-state index contributed by atoms with van der Waals surface area (Å²) >= 11 is 0. The van der Waals surface area contributed by atoms with Crippen molar-refractivity contribution in [3.63, 3.8) is 0 Å². The van der Waals surface area contributed by atoms with Crippen LogP contribution in [0.25, 0.3) is 0 Å². The van der Waals surface area contributed by atoms with Crippen LogP contribution < -0.4 is 14.2 Å². The first-order valence-electron chi connectivity index (χ1n) is 35.9. The predicted molar refractivity (Wildman–Crippen MR) is 343 cm³/mol. The summed E-state index contributed by atoms with van der Waals surface area (Å²) in [5.41, 5.74) is 0.841. The summed E-state index contributed by atoms with van der Waals surface area (Å²) in [5.74, 6) is 2.25. The summed E-state index contributed by atoms with van der Waals surface area (Å²) < 4.78 is 19.5. The fourth-order valence-electron chi connectivity index (χ4n) is 11.7. The van der Waals surface area contributed by atoms with Crippen LogP contribution in [0.4, 0.5) is 0 Å². The normalized spacial score (nSPS) is 11.6. The van der Waals surface area contributed by atoms with Gasteiger partial charge in [-0.15, -0.1) is 0 Å². The molecule has 77 heavy (non-hydrogen) atoms. The molecule has 0 aliphatic rings. The van der Waals surface area contributed by atoms with Gasteiger partial charge >= 0.3 is 0 Å². The maximum absolute atomic E-state index is 10.3. The van der Waals surface area contributed by atoms with Crippen molar-refractivity contribution in [2.75, 3.05) is 19.8 Å². The zero-order chi connectivity index (χ0) is 55.1. The van der Waals surface area contributed by atoms with E-state index in [2.05, 4.69) is 20.8 Å². The van der Waals surface area contributed by atoms with Crippen LogP contribution in [0, 0.1) is 0 Å². The Labute approximate surface area is 484 Å². The maximum atomic E-state index is 10.3. The number of aliphatic hydroxyl groups is 1. The summed E-state index contributed by atoms with van der Waals surface area (Å²) in [6, 6.07) is 3.99. The van der Waals surface area contributed by atoms with Gasteiger partial charge in [0.05, 0.1) is 26.4 Å². The molecule has 0 fully saturated rings. The van der Waals surface area contributed by atoms with Gasteiger partial charge in [-0.05, 0) is 37.0 Å². The minimum Gasteiger partial charge on any atom is -0.490 e. The van der Waals surface area contributed by atoms with E-state index in [1.54, 1.807) is 0 Å². The molecule has 1 aromatic carbocycles. The lowest BCUT2D eigenvalue weighted by molar-refractivity contribution is 0.231. The second kappa shape index (κ2) is 63.8. The van der Waals surface area contributed by atoms with Gasteiger partial charge < -0.3 is 19.3 Å². The van der Waals surface area contributed by atoms with Gasteiger partial charge in [0.25, 0.3) is 0 Å². The number of rotatable bonds is 67. The molecule has 0 heterocycles. The van der Waals surface area contributed by atoms with Crippen molar-refractivity contribution in [1.82, 2.24) is 0 Å². The van der Waals surface area contributed by atoms with Crippen molar-refractivity contribution in [3.05, 3.63) is 17.7 Å². The number of aliphatic hydroxyl groups excluding tert-OH is 1. The average molecular weight is 1080 g/mol. The highest BCUT2D eigenvalue weighted by atomic mass is 16.5. The lowest BCUT2D eigenvalue weighted by Gasteiger charge is -2.18. The van der Waals surface area contributed by atoms with Gasteiger partial charge in [-0.3, -0.25) is 0 Å². The molecule has 0 bridgehead atoms. The molecule has 4 heteroatoms. The summed E-state index contributed by atoms with van der Waals surface area (Å²) in [5, 5.41) is 10.3. The Balaban J connectivity index is 2.35. The first kappa shape index (κ1) is 73.6. The van der Waals surface area contributed by atoms with Crippen LogP contribution in [0.5, 0.6) is 17.2 Å². The molecule has 456 valence electrons. The SMILES string of the molecule is CCCCCCCCCCCCCCCCCCCCCCOc1cc(CO)cc(OCCCCCCCCCCCCCCCCCCCCCC)c1OCCCCCCCCCCCCCCCCCCCCCC. The fraction of sp³-hybridized carbons (Fsp3) is 0.918. The molecule has 0 aliphatic heterocycles. The predicted octanol–water partition coefficient (Wildman–Crippen LogP) is 25.8. The minimum atomic E-state index is -0.0228. The molecule has 1 aromatic rings. The standard InChI is InChI=1S/C73H140O4/c1-4-7-10-13-16-19-22-25-28-31-34-37-40-43-46-49-52-55-58-61-64-75-71-67-70(69-74)68-72(76-65-62-59-56-53-50-47-44-41-38-35-32-29-26-23-20-17-14-11-8-5-2)73(71)77-66-63-60-57-54-51-48-45-42-39-36-33-30-27-24-21-18-15-12-9-6-3/h67-68,74H,4-66,69H2,1-3H3. The number of hydrogen-bond acceptors (Lipinski definition) is 4. The van der Waals surface area contributed by atoms with E-state index in [1.165, 1.54) is 366 Å². The van der Waals surface area contributed by atoms with E-state index >= 15 is 0 Å². The molecule has 0 amide bonds. The Bertz CT molecular complexity index is 1180. The zero-order valence-corrected chi connectivity index (χ0v) is 53.1. The third-order valence-corrected chi connectivity index (χ3v) is 17.0. The molecule has 4 nitrogen and oxygen atoms in total. The molecular weight excluding hydrogens is 941 g/mol. The van der Waals surface area contributed by atoms with Crippen molar-refractivity contribution in [1.29, 1.82) is 0 Å². The van der Waals surface area contributed by atoms with Crippen LogP contribution in [-0.4, -0.2) is 24.9 Å². The second-order valence-corrected chi connectivity index (χ2v) is 24.8. The van der Waals surface area contributed by atoms with Gasteiger partial charge in [0, 0.05) is 0 Å². The average Bonchev–Trinajstić information content (AvgIpc) is 3.44. The fourth-order valence-corrected chi connectivity index (χ4v) is 11.7. The smallest absolute Gasteiger partial charge is 0.203 e. The molecule has 0 saturated carbocycles. The second-order valence-electron chi connectivity index (χ2n) is 24.8. The molecule has 1 rings (SSSR count). The quantitative estimate of drug-likeness (QED) is 0.0661. The van der Waals surface area contributed by atoms with Crippen molar-refractivity contribution >= 4 is 0 Å². The van der Waals surface area contributed by atoms with Gasteiger partial charge in [0.15, 0.2) is 11.5 Å². The Morgan fingerprint density at radius 3 is 0.545 bits per heavy atom. The Kier molecular flexibility index (Phi) is 60.9. The van der Waals surface area contributed by atoms with Crippen LogP contribution in [0.2, 0.25) is 0 Å². The number of ether oxygens (including phenoxy) is 3. The molecule has 0 atom stereocenters. The third-order valence-electron chi connectivity index (χ3n) is 17.0. The lowest BCUT2D eigenvalue weighted by atomic mass is 10.0. The molecule has 0 saturated heterocycles. The van der Waals surface area contributed by atoms with E-state index in [4.69, 9.17) is 14.2 Å². The molecule has 0 aromatic heterocycles. The largest absolute Gasteiger partial charge is 0.490 e. The first-order valence-corrected chi connectivity index (χ1v) is 35.9. The van der Waals surface area contributed by atoms with Crippen LogP contribution in [0.1, 0.15) is 412 Å². The Morgan fingerprint density at radius 2 is 0.377 bits per heavy atom. The topological polar surface area (TPSA) is 47.9 Å². The Morgan fingerprint density at radius 1 is 0.221 bits per heavy atom. The molecule has 0 spiro atoms. The van der Waals surface area contributed by atoms with E-state index in [-0.39, 0.29) is 6.61 Å². The van der Waals surface area contributed by atoms with Gasteiger partial charge in [0.2, 0.25) is 5.75 Å². The van der Waals surface area contributed by atoms with E-state index in [9.17, 15) is 5.11 Å². The maximum Gasteiger partial charge on any atom is 0.203 e. The summed E-state index contributed by atoms with van der Waals surface area (Å²) in [4.78, 5) is 0. The van der Waals surface area contributed by atoms with Gasteiger partial charge in [0.1, 0.15) is 0 Å². The Hall–Kier alpha value is -1.42. The highest BCUT2D eigenvalue weighted by Crippen LogP contribution is 2.40.